The Morgan fingerprint density at radius 1 is 0.682 bits per heavy atom. The third-order valence-electron chi connectivity index (χ3n) is 2.87. The van der Waals surface area contributed by atoms with Gasteiger partial charge in [0, 0.05) is 13.1 Å². The van der Waals surface area contributed by atoms with Crippen molar-refractivity contribution in [3.8, 4) is 0 Å². The van der Waals surface area contributed by atoms with Gasteiger partial charge in [0.1, 0.15) is 13.3 Å². The van der Waals surface area contributed by atoms with Crippen LogP contribution in [-0.2, 0) is 0 Å². The van der Waals surface area contributed by atoms with Gasteiger partial charge in [-0.1, -0.05) is 0 Å². The number of nitrogens with zero attached hydrogens (tertiary/aromatic N) is 2. The zero-order chi connectivity index (χ0) is 17.1. The second kappa shape index (κ2) is 6.94. The van der Waals surface area contributed by atoms with Crippen molar-refractivity contribution >= 4 is 7.81 Å². The van der Waals surface area contributed by atoms with Crippen LogP contribution in [0.5, 0.6) is 0 Å². The molecule has 140 valence electrons. The van der Waals surface area contributed by atoms with Gasteiger partial charge in [-0.2, -0.15) is 0 Å². The smallest absolute Gasteiger partial charge is 1.00 e. The third kappa shape index (κ3) is 22.4. The third-order valence-corrected chi connectivity index (χ3v) is 2.87. The van der Waals surface area contributed by atoms with Gasteiger partial charge in [0.2, 0.25) is 0 Å². The molecule has 2 heterocycles. The van der Waals surface area contributed by atoms with Gasteiger partial charge in [-0.25, -0.2) is 0 Å². The number of rotatable bonds is 0. The minimum Gasteiger partial charge on any atom is -1.00 e. The Hall–Kier alpha value is 0.140. The van der Waals surface area contributed by atoms with E-state index in [-0.39, 0.29) is 12.4 Å². The molecule has 0 aromatic heterocycles. The molecule has 0 aliphatic carbocycles. The zero-order valence-corrected chi connectivity index (χ0v) is 14.9. The fraction of sp³-hybridized carbons (Fsp3) is 1.00. The zero-order valence-electron chi connectivity index (χ0n) is 13.2. The molecule has 2 aliphatic rings. The van der Waals surface area contributed by atoms with Crippen molar-refractivity contribution in [1.82, 2.24) is 10.6 Å². The number of hydrogen-bond donors (Lipinski definition) is 2. The first kappa shape index (κ1) is 24.4. The predicted octanol–water partition coefficient (Wildman–Crippen LogP) is -0.367. The summed E-state index contributed by atoms with van der Waals surface area (Å²) in [5.41, 5.74) is 0. The summed E-state index contributed by atoms with van der Waals surface area (Å²) in [7, 11) is -1.71. The SMILES string of the molecule is C[N+]1(C)CCNC1.C[N+]1(C)CCNC1.F[P-](F)(F)(F)(F)F.[Cl-]. The van der Waals surface area contributed by atoms with Gasteiger partial charge >= 0.3 is 33.0 Å². The molecule has 0 saturated carbocycles. The average Bonchev–Trinajstić information content (AvgIpc) is 2.69. The summed E-state index contributed by atoms with van der Waals surface area (Å²) < 4.78 is 61.5. The van der Waals surface area contributed by atoms with Crippen LogP contribution in [0.4, 0.5) is 25.2 Å². The maximum atomic E-state index is 9.87. The van der Waals surface area contributed by atoms with Crippen molar-refractivity contribution in [1.29, 1.82) is 0 Å². The first-order chi connectivity index (χ1) is 8.86. The molecule has 0 radical (unpaired) electrons. The summed E-state index contributed by atoms with van der Waals surface area (Å²) in [6.07, 6.45) is 0. The normalized spacial score (nSPS) is 25.4. The summed E-state index contributed by atoms with van der Waals surface area (Å²) in [4.78, 5) is 0. The monoisotopic (exact) mass is 382 g/mol. The van der Waals surface area contributed by atoms with Gasteiger partial charge in [-0.05, 0) is 0 Å². The van der Waals surface area contributed by atoms with Crippen molar-refractivity contribution in [3.63, 3.8) is 0 Å². The predicted molar refractivity (Wildman–Crippen MR) is 73.3 cm³/mol. The number of nitrogens with one attached hydrogen (secondary N) is 2. The Bertz CT molecular complexity index is 298. The molecular weight excluding hydrogens is 357 g/mol. The minimum atomic E-state index is -10.7. The molecule has 0 unspecified atom stereocenters. The van der Waals surface area contributed by atoms with E-state index in [1.165, 1.54) is 26.2 Å². The molecule has 2 saturated heterocycles. The van der Waals surface area contributed by atoms with Crippen LogP contribution in [0, 0.1) is 0 Å². The topological polar surface area (TPSA) is 24.1 Å². The molecule has 22 heavy (non-hydrogen) atoms. The van der Waals surface area contributed by atoms with Gasteiger partial charge in [-0.3, -0.25) is 10.6 Å². The summed E-state index contributed by atoms with van der Waals surface area (Å²) in [5.74, 6) is 0. The second-order valence-electron chi connectivity index (χ2n) is 6.59. The molecular formula is C10H26ClF6N4P. The van der Waals surface area contributed by atoms with Gasteiger partial charge in [0.05, 0.1) is 41.3 Å². The van der Waals surface area contributed by atoms with Crippen LogP contribution in [0.2, 0.25) is 0 Å². The summed E-state index contributed by atoms with van der Waals surface area (Å²) in [6, 6.07) is 0. The van der Waals surface area contributed by atoms with Crippen LogP contribution in [0.3, 0.4) is 0 Å². The van der Waals surface area contributed by atoms with E-state index in [1.54, 1.807) is 0 Å². The van der Waals surface area contributed by atoms with Crippen molar-refractivity contribution in [3.05, 3.63) is 0 Å². The first-order valence-corrected chi connectivity index (χ1v) is 8.51. The van der Waals surface area contributed by atoms with Gasteiger partial charge in [0.25, 0.3) is 0 Å². The van der Waals surface area contributed by atoms with E-state index in [2.05, 4.69) is 38.8 Å². The van der Waals surface area contributed by atoms with E-state index in [0.717, 1.165) is 22.3 Å². The fourth-order valence-electron chi connectivity index (χ4n) is 1.68. The van der Waals surface area contributed by atoms with E-state index in [1.807, 2.05) is 0 Å². The maximum Gasteiger partial charge on any atom is -1.00 e. The number of halogens is 7. The molecule has 4 nitrogen and oxygen atoms in total. The Morgan fingerprint density at radius 3 is 0.955 bits per heavy atom. The van der Waals surface area contributed by atoms with Crippen molar-refractivity contribution in [2.24, 2.45) is 0 Å². The number of likely N-dealkylation sites (N-methyl/N-ethyl adjacent to an activating group) is 2. The average molecular weight is 383 g/mol. The van der Waals surface area contributed by atoms with E-state index in [9.17, 15) is 25.2 Å². The molecule has 2 aliphatic heterocycles. The summed E-state index contributed by atoms with van der Waals surface area (Å²) >= 11 is 0. The van der Waals surface area contributed by atoms with E-state index >= 15 is 0 Å². The van der Waals surface area contributed by atoms with Crippen LogP contribution in [-0.4, -0.2) is 76.7 Å². The van der Waals surface area contributed by atoms with Crippen LogP contribution >= 0.6 is 7.81 Å². The van der Waals surface area contributed by atoms with Crippen LogP contribution in [0.25, 0.3) is 0 Å². The first-order valence-electron chi connectivity index (χ1n) is 6.48. The van der Waals surface area contributed by atoms with Crippen molar-refractivity contribution in [2.75, 3.05) is 67.7 Å². The molecule has 0 spiro atoms. The fourth-order valence-corrected chi connectivity index (χ4v) is 1.68. The Balaban J connectivity index is 0. The van der Waals surface area contributed by atoms with Gasteiger partial charge in [-0.15, -0.1) is 0 Å². The molecule has 12 heteroatoms. The van der Waals surface area contributed by atoms with Crippen LogP contribution < -0.4 is 23.0 Å². The quantitative estimate of drug-likeness (QED) is 0.339. The molecule has 2 N–H and O–H groups in total. The van der Waals surface area contributed by atoms with E-state index < -0.39 is 7.81 Å². The van der Waals surface area contributed by atoms with Gasteiger partial charge < -0.3 is 21.4 Å². The minimum absolute atomic E-state index is 0. The largest absolute Gasteiger partial charge is 1.00 e. The van der Waals surface area contributed by atoms with E-state index in [0.29, 0.717) is 0 Å². The van der Waals surface area contributed by atoms with Crippen molar-refractivity contribution in [2.45, 2.75) is 0 Å². The van der Waals surface area contributed by atoms with Crippen molar-refractivity contribution < 1.29 is 46.6 Å². The molecule has 0 amide bonds. The Morgan fingerprint density at radius 2 is 0.909 bits per heavy atom. The van der Waals surface area contributed by atoms with Crippen LogP contribution in [0.15, 0.2) is 0 Å². The number of quaternary nitrogens is 2. The van der Waals surface area contributed by atoms with E-state index in [4.69, 9.17) is 0 Å². The second-order valence-corrected chi connectivity index (χ2v) is 8.51. The maximum absolute atomic E-state index is 10.7. The Kier molecular flexibility index (Phi) is 7.70. The molecule has 2 rings (SSSR count). The standard InChI is InChI=1S/2C5H13N2.ClH.F6P/c2*1-7(2)4-3-6-5-7;;1-7(2,3,4,5)6/h2*6H,3-5H2,1-2H3;1H;/q2*+1;;-1/p-1. The Labute approximate surface area is 133 Å². The summed E-state index contributed by atoms with van der Waals surface area (Å²) in [5, 5.41) is 6.57. The summed E-state index contributed by atoms with van der Waals surface area (Å²) in [6.45, 7) is 7.21. The molecule has 0 aromatic carbocycles. The number of hydrogen-bond acceptors (Lipinski definition) is 2. The van der Waals surface area contributed by atoms with Gasteiger partial charge in [0.15, 0.2) is 0 Å². The molecule has 2 fully saturated rings. The molecule has 0 aromatic rings. The molecule has 0 atom stereocenters. The molecule has 0 bridgehead atoms. The van der Waals surface area contributed by atoms with Crippen LogP contribution in [0.1, 0.15) is 0 Å².